The molecule has 9 nitrogen and oxygen atoms in total. The maximum absolute atomic E-state index is 13.6. The average Bonchev–Trinajstić information content (AvgIpc) is 3.21. The molecule has 2 atom stereocenters. The highest BCUT2D eigenvalue weighted by Crippen LogP contribution is 2.31. The first-order valence-electron chi connectivity index (χ1n) is 9.38. The Bertz CT molecular complexity index is 951. The van der Waals surface area contributed by atoms with Crippen molar-refractivity contribution in [1.82, 2.24) is 4.90 Å². The van der Waals surface area contributed by atoms with Gasteiger partial charge in [-0.15, -0.1) is 0 Å². The lowest BCUT2D eigenvalue weighted by atomic mass is 10.0. The maximum Gasteiger partial charge on any atom is 0.306 e. The fraction of sp³-hybridized carbons (Fsp3) is 0.556. The van der Waals surface area contributed by atoms with Gasteiger partial charge in [-0.2, -0.15) is 4.39 Å². The zero-order valence-corrected chi connectivity index (χ0v) is 16.7. The molecule has 2 unspecified atom stereocenters. The lowest BCUT2D eigenvalue weighted by molar-refractivity contribution is -0.387. The molecule has 2 aliphatic rings. The number of hydrogen-bond acceptors (Lipinski definition) is 6. The highest BCUT2D eigenvalue weighted by Gasteiger charge is 2.41. The minimum atomic E-state index is -3.17. The fourth-order valence-electron chi connectivity index (χ4n) is 3.90. The highest BCUT2D eigenvalue weighted by atomic mass is 32.2. The molecule has 1 aromatic rings. The molecular formula is C18H22FN3O6S. The van der Waals surface area contributed by atoms with Crippen LogP contribution in [0.5, 0.6) is 0 Å². The summed E-state index contributed by atoms with van der Waals surface area (Å²) < 4.78 is 37.2. The summed E-state index contributed by atoms with van der Waals surface area (Å²) in [4.78, 5) is 38.4. The molecule has 0 saturated carbocycles. The summed E-state index contributed by atoms with van der Waals surface area (Å²) in [5.41, 5.74) is -0.585. The van der Waals surface area contributed by atoms with E-state index < -0.39 is 38.2 Å². The molecule has 0 aliphatic carbocycles. The summed E-state index contributed by atoms with van der Waals surface area (Å²) in [5.74, 6) is -2.40. The standard InChI is InChI=1S/C18H22FN3O6S/c1-2-6-20(14-5-7-29(27,28)11-14)18(24)12-8-17(23)21(10-12)13-3-4-15(19)16(9-13)22(25)26/h3-4,9,12,14H,2,5-8,10-11H2,1H3. The monoisotopic (exact) mass is 427 g/mol. The largest absolute Gasteiger partial charge is 0.338 e. The van der Waals surface area contributed by atoms with Crippen LogP contribution in [0.1, 0.15) is 26.2 Å². The van der Waals surface area contributed by atoms with E-state index in [4.69, 9.17) is 0 Å². The van der Waals surface area contributed by atoms with Crippen LogP contribution in [0, 0.1) is 21.8 Å². The molecule has 1 aromatic carbocycles. The van der Waals surface area contributed by atoms with E-state index in [2.05, 4.69) is 0 Å². The molecule has 2 saturated heterocycles. The summed E-state index contributed by atoms with van der Waals surface area (Å²) in [7, 11) is -3.17. The Morgan fingerprint density at radius 2 is 2.14 bits per heavy atom. The van der Waals surface area contributed by atoms with E-state index in [0.29, 0.717) is 19.4 Å². The normalized spacial score (nSPS) is 23.4. The summed E-state index contributed by atoms with van der Waals surface area (Å²) in [6.45, 7) is 2.29. The van der Waals surface area contributed by atoms with Crippen LogP contribution >= 0.6 is 0 Å². The van der Waals surface area contributed by atoms with Crippen molar-refractivity contribution in [2.45, 2.75) is 32.2 Å². The molecule has 2 amide bonds. The minimum absolute atomic E-state index is 0.0140. The molecule has 29 heavy (non-hydrogen) atoms. The molecule has 0 aromatic heterocycles. The second-order valence-corrected chi connectivity index (χ2v) is 9.62. The third-order valence-corrected chi connectivity index (χ3v) is 7.06. The van der Waals surface area contributed by atoms with Gasteiger partial charge in [0.25, 0.3) is 0 Å². The van der Waals surface area contributed by atoms with E-state index in [0.717, 1.165) is 12.1 Å². The van der Waals surface area contributed by atoms with Gasteiger partial charge >= 0.3 is 5.69 Å². The van der Waals surface area contributed by atoms with Crippen molar-refractivity contribution in [3.05, 3.63) is 34.1 Å². The van der Waals surface area contributed by atoms with Crippen molar-refractivity contribution >= 4 is 33.0 Å². The number of benzene rings is 1. The van der Waals surface area contributed by atoms with Crippen molar-refractivity contribution in [1.29, 1.82) is 0 Å². The Morgan fingerprint density at radius 1 is 1.41 bits per heavy atom. The summed E-state index contributed by atoms with van der Waals surface area (Å²) >= 11 is 0. The lowest BCUT2D eigenvalue weighted by Gasteiger charge is -2.30. The third kappa shape index (κ3) is 4.39. The number of anilines is 1. The van der Waals surface area contributed by atoms with Gasteiger partial charge in [-0.05, 0) is 25.0 Å². The van der Waals surface area contributed by atoms with Crippen molar-refractivity contribution in [3.8, 4) is 0 Å². The van der Waals surface area contributed by atoms with Crippen molar-refractivity contribution < 1.29 is 27.3 Å². The predicted octanol–water partition coefficient (Wildman–Crippen LogP) is 1.51. The van der Waals surface area contributed by atoms with Gasteiger partial charge in [0, 0.05) is 31.6 Å². The van der Waals surface area contributed by atoms with Gasteiger partial charge in [0.2, 0.25) is 17.6 Å². The Balaban J connectivity index is 1.79. The van der Waals surface area contributed by atoms with Crippen LogP contribution in [0.3, 0.4) is 0 Å². The van der Waals surface area contributed by atoms with Gasteiger partial charge in [0.15, 0.2) is 9.84 Å². The van der Waals surface area contributed by atoms with Crippen molar-refractivity contribution in [2.24, 2.45) is 5.92 Å². The van der Waals surface area contributed by atoms with Gasteiger partial charge in [-0.1, -0.05) is 6.92 Å². The van der Waals surface area contributed by atoms with E-state index in [1.54, 1.807) is 4.90 Å². The molecule has 0 radical (unpaired) electrons. The molecular weight excluding hydrogens is 405 g/mol. The van der Waals surface area contributed by atoms with E-state index in [-0.39, 0.29) is 42.0 Å². The van der Waals surface area contributed by atoms with E-state index in [1.165, 1.54) is 11.0 Å². The van der Waals surface area contributed by atoms with Crippen LogP contribution in [0.15, 0.2) is 18.2 Å². The lowest BCUT2D eigenvalue weighted by Crippen LogP contribution is -2.45. The second-order valence-electron chi connectivity index (χ2n) is 7.39. The molecule has 0 spiro atoms. The van der Waals surface area contributed by atoms with Crippen LogP contribution in [0.4, 0.5) is 15.8 Å². The Kier molecular flexibility index (Phi) is 5.87. The molecule has 158 valence electrons. The van der Waals surface area contributed by atoms with Crippen LogP contribution in [-0.4, -0.2) is 60.7 Å². The van der Waals surface area contributed by atoms with E-state index >= 15 is 0 Å². The van der Waals surface area contributed by atoms with Gasteiger partial charge < -0.3 is 9.80 Å². The number of halogens is 1. The van der Waals surface area contributed by atoms with Gasteiger partial charge in [-0.25, -0.2) is 8.42 Å². The topological polar surface area (TPSA) is 118 Å². The minimum Gasteiger partial charge on any atom is -0.338 e. The van der Waals surface area contributed by atoms with E-state index in [9.17, 15) is 32.5 Å². The first kappa shape index (κ1) is 21.2. The molecule has 2 heterocycles. The average molecular weight is 427 g/mol. The number of sulfone groups is 1. The molecule has 0 bridgehead atoms. The maximum atomic E-state index is 13.6. The zero-order chi connectivity index (χ0) is 21.3. The van der Waals surface area contributed by atoms with Crippen LogP contribution < -0.4 is 4.90 Å². The zero-order valence-electron chi connectivity index (χ0n) is 15.9. The third-order valence-electron chi connectivity index (χ3n) is 5.31. The molecule has 2 aliphatic heterocycles. The number of hydrogen-bond donors (Lipinski definition) is 0. The van der Waals surface area contributed by atoms with Crippen LogP contribution in [0.25, 0.3) is 0 Å². The first-order chi connectivity index (χ1) is 13.6. The van der Waals surface area contributed by atoms with Crippen molar-refractivity contribution in [3.63, 3.8) is 0 Å². The Labute approximate surface area is 167 Å². The number of rotatable bonds is 6. The summed E-state index contributed by atoms with van der Waals surface area (Å²) in [6, 6.07) is 2.76. The van der Waals surface area contributed by atoms with E-state index in [1.807, 2.05) is 6.92 Å². The Hall–Kier alpha value is -2.56. The Morgan fingerprint density at radius 3 is 2.72 bits per heavy atom. The fourth-order valence-corrected chi connectivity index (χ4v) is 5.63. The number of amides is 2. The number of carbonyl (C=O) groups is 2. The predicted molar refractivity (Wildman–Crippen MR) is 103 cm³/mol. The van der Waals surface area contributed by atoms with Crippen LogP contribution in [-0.2, 0) is 19.4 Å². The molecule has 3 rings (SSSR count). The van der Waals surface area contributed by atoms with Gasteiger partial charge in [0.1, 0.15) is 0 Å². The number of nitrogens with zero attached hydrogens (tertiary/aromatic N) is 3. The van der Waals surface area contributed by atoms with Gasteiger partial charge in [0.05, 0.1) is 28.0 Å². The number of carbonyl (C=O) groups excluding carboxylic acids is 2. The number of nitro groups is 1. The highest BCUT2D eigenvalue weighted by molar-refractivity contribution is 7.91. The summed E-state index contributed by atoms with van der Waals surface area (Å²) in [5, 5.41) is 11.0. The second kappa shape index (κ2) is 8.05. The quantitative estimate of drug-likeness (QED) is 0.502. The first-order valence-corrected chi connectivity index (χ1v) is 11.2. The van der Waals surface area contributed by atoms with Gasteiger partial charge in [-0.3, -0.25) is 19.7 Å². The summed E-state index contributed by atoms with van der Waals surface area (Å²) in [6.07, 6.45) is 0.948. The molecule has 2 fully saturated rings. The SMILES string of the molecule is CCCN(C(=O)C1CC(=O)N(c2ccc(F)c([N+](=O)[O-])c2)C1)C1CCS(=O)(=O)C1. The van der Waals surface area contributed by atoms with Crippen molar-refractivity contribution in [2.75, 3.05) is 29.5 Å². The molecule has 0 N–H and O–H groups in total. The molecule has 11 heteroatoms. The number of nitro benzene ring substituents is 1. The smallest absolute Gasteiger partial charge is 0.306 e. The van der Waals surface area contributed by atoms with Crippen LogP contribution in [0.2, 0.25) is 0 Å².